The van der Waals surface area contributed by atoms with Crippen molar-refractivity contribution in [1.82, 2.24) is 10.3 Å². The minimum atomic E-state index is -4.49. The zero-order chi connectivity index (χ0) is 29.1. The number of pyridine rings is 1. The average Bonchev–Trinajstić information content (AvgIpc) is 2.98. The fraction of sp³-hybridized carbons (Fsp3) is 0.323. The van der Waals surface area contributed by atoms with Crippen molar-refractivity contribution in [1.29, 1.82) is 0 Å². The number of aromatic nitrogens is 1. The maximum Gasteiger partial charge on any atom is 0.418 e. The Morgan fingerprint density at radius 2 is 1.54 bits per heavy atom. The third-order valence-corrected chi connectivity index (χ3v) is 7.45. The molecule has 1 aliphatic heterocycles. The van der Waals surface area contributed by atoms with Gasteiger partial charge >= 0.3 is 6.18 Å². The molecule has 2 N–H and O–H groups in total. The highest BCUT2D eigenvalue weighted by Crippen LogP contribution is 2.41. The maximum atomic E-state index is 14.1. The van der Waals surface area contributed by atoms with E-state index in [9.17, 15) is 13.2 Å². The smallest absolute Gasteiger partial charge is 0.418 e. The number of rotatable bonds is 8. The molecule has 0 radical (unpaired) electrons. The van der Waals surface area contributed by atoms with E-state index in [4.69, 9.17) is 14.2 Å². The molecule has 1 saturated heterocycles. The van der Waals surface area contributed by atoms with Crippen LogP contribution in [0.25, 0.3) is 10.9 Å². The second-order valence-corrected chi connectivity index (χ2v) is 10.0. The summed E-state index contributed by atoms with van der Waals surface area (Å²) >= 11 is 0. The Hall–Kier alpha value is -4.18. The van der Waals surface area contributed by atoms with E-state index in [1.165, 1.54) is 6.07 Å². The van der Waals surface area contributed by atoms with Crippen LogP contribution >= 0.6 is 0 Å². The van der Waals surface area contributed by atoms with Crippen LogP contribution in [0.15, 0.2) is 60.8 Å². The maximum absolute atomic E-state index is 14.1. The molecule has 1 aliphatic rings. The van der Waals surface area contributed by atoms with Gasteiger partial charge in [-0.2, -0.15) is 13.2 Å². The molecule has 7 nitrogen and oxygen atoms in total. The van der Waals surface area contributed by atoms with Crippen LogP contribution in [0.4, 0.5) is 30.2 Å². The minimum Gasteiger partial charge on any atom is -0.493 e. The number of nitrogens with one attached hydrogen (secondary N) is 2. The molecule has 2 heterocycles. The molecule has 10 heteroatoms. The van der Waals surface area contributed by atoms with Gasteiger partial charge in [0.1, 0.15) is 11.5 Å². The van der Waals surface area contributed by atoms with Crippen LogP contribution in [0.2, 0.25) is 0 Å². The van der Waals surface area contributed by atoms with Gasteiger partial charge in [0.25, 0.3) is 0 Å². The van der Waals surface area contributed by atoms with Gasteiger partial charge in [0, 0.05) is 59.9 Å². The molecular formula is C31H33F3N4O3. The molecule has 0 unspecified atom stereocenters. The third kappa shape index (κ3) is 6.12. The van der Waals surface area contributed by atoms with Crippen LogP contribution in [0.3, 0.4) is 0 Å². The lowest BCUT2D eigenvalue weighted by molar-refractivity contribution is -0.137. The molecule has 4 aromatic rings. The van der Waals surface area contributed by atoms with Crippen LogP contribution in [0, 0.1) is 6.92 Å². The molecular weight excluding hydrogens is 533 g/mol. The second-order valence-electron chi connectivity index (χ2n) is 10.0. The lowest BCUT2D eigenvalue weighted by Crippen LogP contribution is -2.41. The standard InChI is InChI=1S/C31H33F3N4O3/c1-19-5-6-22(16-28(19)41-27-9-12-36-25-18-30(40-4)29(39-3)17-23(25)27)37-21-7-8-26(24(15-21)31(32,33)34)38-13-10-20(35-2)11-14-38/h5-9,12,15-18,20,35,37H,10-11,13-14H2,1-4H3. The number of hydrogen-bond acceptors (Lipinski definition) is 7. The molecule has 0 aliphatic carbocycles. The molecule has 0 amide bonds. The third-order valence-electron chi connectivity index (χ3n) is 7.45. The summed E-state index contributed by atoms with van der Waals surface area (Å²) in [6, 6.07) is 15.5. The number of fused-ring (bicyclic) bond motifs is 1. The fourth-order valence-electron chi connectivity index (χ4n) is 5.14. The topological polar surface area (TPSA) is 67.9 Å². The monoisotopic (exact) mass is 566 g/mol. The van der Waals surface area contributed by atoms with Gasteiger partial charge in [-0.3, -0.25) is 4.98 Å². The van der Waals surface area contributed by atoms with Crippen molar-refractivity contribution in [3.8, 4) is 23.0 Å². The summed E-state index contributed by atoms with van der Waals surface area (Å²) in [5, 5.41) is 7.07. The van der Waals surface area contributed by atoms with Crippen molar-refractivity contribution < 1.29 is 27.4 Å². The van der Waals surface area contributed by atoms with E-state index in [0.717, 1.165) is 23.8 Å². The fourth-order valence-corrected chi connectivity index (χ4v) is 5.14. The molecule has 0 atom stereocenters. The highest BCUT2D eigenvalue weighted by atomic mass is 19.4. The number of methoxy groups -OCH3 is 2. The van der Waals surface area contributed by atoms with Gasteiger partial charge in [0.15, 0.2) is 11.5 Å². The number of hydrogen-bond donors (Lipinski definition) is 2. The van der Waals surface area contributed by atoms with Gasteiger partial charge in [0.2, 0.25) is 0 Å². The van der Waals surface area contributed by atoms with E-state index in [0.29, 0.717) is 59.0 Å². The Bertz CT molecular complexity index is 1540. The molecule has 0 spiro atoms. The van der Waals surface area contributed by atoms with Gasteiger partial charge in [-0.05, 0) is 68.8 Å². The van der Waals surface area contributed by atoms with E-state index >= 15 is 0 Å². The Balaban J connectivity index is 1.42. The van der Waals surface area contributed by atoms with Gasteiger partial charge in [0.05, 0.1) is 25.3 Å². The van der Waals surface area contributed by atoms with Crippen LogP contribution in [-0.4, -0.2) is 45.4 Å². The van der Waals surface area contributed by atoms with E-state index < -0.39 is 11.7 Å². The summed E-state index contributed by atoms with van der Waals surface area (Å²) < 4.78 is 59.6. The number of aryl methyl sites for hydroxylation is 1. The summed E-state index contributed by atoms with van der Waals surface area (Å²) in [5.74, 6) is 2.21. The van der Waals surface area contributed by atoms with Crippen molar-refractivity contribution >= 4 is 28.0 Å². The van der Waals surface area contributed by atoms with Gasteiger partial charge < -0.3 is 29.7 Å². The highest BCUT2D eigenvalue weighted by Gasteiger charge is 2.36. The SMILES string of the molecule is CNC1CCN(c2ccc(Nc3ccc(C)c(Oc4ccnc5cc(OC)c(OC)cc45)c3)cc2C(F)(F)F)CC1. The molecule has 3 aromatic carbocycles. The summed E-state index contributed by atoms with van der Waals surface area (Å²) in [6.45, 7) is 3.05. The van der Waals surface area contributed by atoms with E-state index in [1.54, 1.807) is 56.8 Å². The van der Waals surface area contributed by atoms with Crippen molar-refractivity contribution in [2.75, 3.05) is 44.6 Å². The van der Waals surface area contributed by atoms with Crippen molar-refractivity contribution in [2.45, 2.75) is 32.0 Å². The lowest BCUT2D eigenvalue weighted by atomic mass is 10.0. The number of nitrogens with zero attached hydrogens (tertiary/aromatic N) is 2. The first-order chi connectivity index (χ1) is 19.7. The van der Waals surface area contributed by atoms with Crippen molar-refractivity contribution in [3.05, 3.63) is 71.9 Å². The molecule has 1 aromatic heterocycles. The van der Waals surface area contributed by atoms with Crippen molar-refractivity contribution in [3.63, 3.8) is 0 Å². The molecule has 1 fully saturated rings. The van der Waals surface area contributed by atoms with Crippen LogP contribution < -0.4 is 29.7 Å². The first kappa shape index (κ1) is 28.4. The van der Waals surface area contributed by atoms with Gasteiger partial charge in [-0.1, -0.05) is 6.07 Å². The predicted octanol–water partition coefficient (Wildman–Crippen LogP) is 7.30. The Labute approximate surface area is 237 Å². The quantitative estimate of drug-likeness (QED) is 0.232. The molecule has 41 heavy (non-hydrogen) atoms. The number of piperidine rings is 1. The highest BCUT2D eigenvalue weighted by molar-refractivity contribution is 5.88. The van der Waals surface area contributed by atoms with E-state index in [-0.39, 0.29) is 5.69 Å². The Morgan fingerprint density at radius 1 is 0.854 bits per heavy atom. The summed E-state index contributed by atoms with van der Waals surface area (Å²) in [7, 11) is 5.00. The number of halogens is 3. The number of alkyl halides is 3. The van der Waals surface area contributed by atoms with Crippen molar-refractivity contribution in [2.24, 2.45) is 0 Å². The molecule has 5 rings (SSSR count). The zero-order valence-corrected chi connectivity index (χ0v) is 23.4. The largest absolute Gasteiger partial charge is 0.493 e. The van der Waals surface area contributed by atoms with Crippen LogP contribution in [0.5, 0.6) is 23.0 Å². The first-order valence-corrected chi connectivity index (χ1v) is 13.4. The molecule has 0 saturated carbocycles. The normalized spacial score (nSPS) is 14.3. The number of benzene rings is 3. The van der Waals surface area contributed by atoms with Gasteiger partial charge in [-0.25, -0.2) is 0 Å². The van der Waals surface area contributed by atoms with Crippen LogP contribution in [0.1, 0.15) is 24.0 Å². The number of anilines is 3. The van der Waals surface area contributed by atoms with E-state index in [2.05, 4.69) is 15.6 Å². The summed E-state index contributed by atoms with van der Waals surface area (Å²) in [6.07, 6.45) is -1.25. The first-order valence-electron chi connectivity index (χ1n) is 13.4. The second kappa shape index (κ2) is 11.7. The zero-order valence-electron chi connectivity index (χ0n) is 23.4. The number of ether oxygens (including phenoxy) is 3. The lowest BCUT2D eigenvalue weighted by Gasteiger charge is -2.35. The van der Waals surface area contributed by atoms with Crippen LogP contribution in [-0.2, 0) is 6.18 Å². The Kier molecular flexibility index (Phi) is 8.12. The predicted molar refractivity (Wildman–Crippen MR) is 155 cm³/mol. The van der Waals surface area contributed by atoms with Gasteiger partial charge in [-0.15, -0.1) is 0 Å². The summed E-state index contributed by atoms with van der Waals surface area (Å²) in [4.78, 5) is 6.24. The minimum absolute atomic E-state index is 0.210. The molecule has 0 bridgehead atoms. The van der Waals surface area contributed by atoms with E-state index in [1.807, 2.05) is 31.0 Å². The molecule has 216 valence electrons. The Morgan fingerprint density at radius 3 is 2.22 bits per heavy atom. The average molecular weight is 567 g/mol. The summed E-state index contributed by atoms with van der Waals surface area (Å²) in [5.41, 5.74) is 2.02.